The predicted octanol–water partition coefficient (Wildman–Crippen LogP) is 2.40. The van der Waals surface area contributed by atoms with Gasteiger partial charge in [-0.1, -0.05) is 36.4 Å². The molecule has 0 atom stereocenters. The molecule has 0 saturated carbocycles. The van der Waals surface area contributed by atoms with Crippen LogP contribution in [-0.2, 0) is 22.7 Å². The van der Waals surface area contributed by atoms with Gasteiger partial charge in [0, 0.05) is 0 Å². The van der Waals surface area contributed by atoms with Gasteiger partial charge in [-0.25, -0.2) is 9.59 Å². The second-order valence-electron chi connectivity index (χ2n) is 5.84. The Morgan fingerprint density at radius 1 is 1.12 bits per heavy atom. The molecular weight excluding hydrogens is 320 g/mol. The lowest BCUT2D eigenvalue weighted by molar-refractivity contribution is -0.125. The molecule has 25 heavy (non-hydrogen) atoms. The molecule has 0 unspecified atom stereocenters. The molecule has 1 N–H and O–H groups in total. The van der Waals surface area contributed by atoms with Crippen molar-refractivity contribution in [2.45, 2.75) is 20.1 Å². The van der Waals surface area contributed by atoms with Gasteiger partial charge in [0.25, 0.3) is 0 Å². The van der Waals surface area contributed by atoms with E-state index in [0.29, 0.717) is 5.56 Å². The first-order valence-electron chi connectivity index (χ1n) is 7.93. The lowest BCUT2D eigenvalue weighted by Gasteiger charge is -2.12. The van der Waals surface area contributed by atoms with Crippen LogP contribution in [0.5, 0.6) is 0 Å². The van der Waals surface area contributed by atoms with Crippen LogP contribution in [0, 0.1) is 6.92 Å². The molecule has 2 aromatic rings. The number of aryl methyl sites for hydroxylation is 1. The van der Waals surface area contributed by atoms with E-state index in [0.717, 1.165) is 21.6 Å². The first kappa shape index (κ1) is 16.7. The number of nitrogens with zero attached hydrogens (tertiary/aromatic N) is 1. The summed E-state index contributed by atoms with van der Waals surface area (Å²) in [4.78, 5) is 36.4. The van der Waals surface area contributed by atoms with Gasteiger partial charge < -0.3 is 10.1 Å². The van der Waals surface area contributed by atoms with Crippen molar-refractivity contribution in [3.05, 3.63) is 70.8 Å². The van der Waals surface area contributed by atoms with Gasteiger partial charge in [0.05, 0.1) is 18.7 Å². The van der Waals surface area contributed by atoms with Crippen LogP contribution in [-0.4, -0.2) is 29.4 Å². The summed E-state index contributed by atoms with van der Waals surface area (Å²) in [7, 11) is 0. The van der Waals surface area contributed by atoms with Gasteiger partial charge in [0.15, 0.2) is 0 Å². The molecule has 1 heterocycles. The van der Waals surface area contributed by atoms with Crippen molar-refractivity contribution in [3.8, 4) is 0 Å². The lowest BCUT2D eigenvalue weighted by Crippen LogP contribution is -2.30. The van der Waals surface area contributed by atoms with Crippen molar-refractivity contribution < 1.29 is 19.1 Å². The molecule has 1 aliphatic heterocycles. The Kier molecular flexibility index (Phi) is 4.79. The summed E-state index contributed by atoms with van der Waals surface area (Å²) in [5.74, 6) is -0.670. The van der Waals surface area contributed by atoms with Crippen molar-refractivity contribution in [2.75, 3.05) is 6.54 Å². The quantitative estimate of drug-likeness (QED) is 0.671. The number of ether oxygens (including phenoxy) is 1. The minimum atomic E-state index is -0.412. The molecule has 2 aromatic carbocycles. The van der Waals surface area contributed by atoms with E-state index in [4.69, 9.17) is 4.74 Å². The Hall–Kier alpha value is -3.15. The van der Waals surface area contributed by atoms with Gasteiger partial charge in [0.2, 0.25) is 5.91 Å². The third kappa shape index (κ3) is 3.85. The molecule has 0 aliphatic carbocycles. The number of rotatable bonds is 5. The molecule has 0 radical (unpaired) electrons. The summed E-state index contributed by atoms with van der Waals surface area (Å²) in [5, 5.41) is 2.47. The van der Waals surface area contributed by atoms with Gasteiger partial charge in [-0.15, -0.1) is 0 Å². The van der Waals surface area contributed by atoms with Crippen LogP contribution < -0.4 is 5.32 Å². The van der Waals surface area contributed by atoms with Crippen LogP contribution in [0.4, 0.5) is 4.79 Å². The highest BCUT2D eigenvalue weighted by molar-refractivity contribution is 6.01. The van der Waals surface area contributed by atoms with Crippen LogP contribution in [0.15, 0.2) is 48.5 Å². The SMILES string of the molecule is Cc1ccccc1COC(=O)c1ccc(CN2C(=O)CNC2=O)cc1. The van der Waals surface area contributed by atoms with Crippen LogP contribution in [0.1, 0.15) is 27.0 Å². The normalized spacial score (nSPS) is 13.7. The Bertz CT molecular complexity index is 798. The summed E-state index contributed by atoms with van der Waals surface area (Å²) in [6.45, 7) is 2.40. The fourth-order valence-corrected chi connectivity index (χ4v) is 2.54. The number of imide groups is 1. The standard InChI is InChI=1S/C19H18N2O4/c1-13-4-2-3-5-16(13)12-25-18(23)15-8-6-14(7-9-15)11-21-17(22)10-20-19(21)24/h2-9H,10-12H2,1H3,(H,20,24). The summed E-state index contributed by atoms with van der Waals surface area (Å²) in [6.07, 6.45) is 0. The highest BCUT2D eigenvalue weighted by atomic mass is 16.5. The van der Waals surface area contributed by atoms with Crippen molar-refractivity contribution >= 4 is 17.9 Å². The molecule has 0 bridgehead atoms. The largest absolute Gasteiger partial charge is 0.457 e. The molecule has 3 amide bonds. The predicted molar refractivity (Wildman–Crippen MR) is 90.7 cm³/mol. The van der Waals surface area contributed by atoms with Crippen molar-refractivity contribution in [1.29, 1.82) is 0 Å². The number of carbonyl (C=O) groups is 3. The van der Waals surface area contributed by atoms with E-state index in [1.807, 2.05) is 31.2 Å². The van der Waals surface area contributed by atoms with Crippen LogP contribution in [0.3, 0.4) is 0 Å². The monoisotopic (exact) mass is 338 g/mol. The summed E-state index contributed by atoms with van der Waals surface area (Å²) in [5.41, 5.74) is 3.22. The average molecular weight is 338 g/mol. The number of esters is 1. The zero-order chi connectivity index (χ0) is 17.8. The molecule has 1 saturated heterocycles. The number of amides is 3. The van der Waals surface area contributed by atoms with Crippen LogP contribution in [0.2, 0.25) is 0 Å². The first-order chi connectivity index (χ1) is 12.0. The second kappa shape index (κ2) is 7.17. The fourth-order valence-electron chi connectivity index (χ4n) is 2.54. The minimum absolute atomic E-state index is 0.0299. The second-order valence-corrected chi connectivity index (χ2v) is 5.84. The van der Waals surface area contributed by atoms with E-state index in [-0.39, 0.29) is 25.6 Å². The lowest BCUT2D eigenvalue weighted by atomic mass is 10.1. The smallest absolute Gasteiger partial charge is 0.338 e. The zero-order valence-corrected chi connectivity index (χ0v) is 13.8. The van der Waals surface area contributed by atoms with Crippen LogP contribution in [0.25, 0.3) is 0 Å². The number of carbonyl (C=O) groups excluding carboxylic acids is 3. The van der Waals surface area contributed by atoms with Crippen molar-refractivity contribution in [2.24, 2.45) is 0 Å². The maximum atomic E-state index is 12.1. The molecule has 0 spiro atoms. The topological polar surface area (TPSA) is 75.7 Å². The Morgan fingerprint density at radius 2 is 1.84 bits per heavy atom. The van der Waals surface area contributed by atoms with E-state index in [2.05, 4.69) is 5.32 Å². The van der Waals surface area contributed by atoms with E-state index in [1.165, 1.54) is 0 Å². The van der Waals surface area contributed by atoms with Gasteiger partial charge in [-0.05, 0) is 35.7 Å². The van der Waals surface area contributed by atoms with Gasteiger partial charge in [-0.2, -0.15) is 0 Å². The number of urea groups is 1. The zero-order valence-electron chi connectivity index (χ0n) is 13.8. The van der Waals surface area contributed by atoms with Crippen LogP contribution >= 0.6 is 0 Å². The van der Waals surface area contributed by atoms with Crippen molar-refractivity contribution in [3.63, 3.8) is 0 Å². The molecule has 1 fully saturated rings. The van der Waals surface area contributed by atoms with E-state index in [9.17, 15) is 14.4 Å². The maximum Gasteiger partial charge on any atom is 0.338 e. The van der Waals surface area contributed by atoms with Gasteiger partial charge in [-0.3, -0.25) is 9.69 Å². The molecule has 6 nitrogen and oxygen atoms in total. The molecule has 6 heteroatoms. The number of benzene rings is 2. The van der Waals surface area contributed by atoms with Gasteiger partial charge in [0.1, 0.15) is 6.61 Å². The molecule has 128 valence electrons. The Balaban J connectivity index is 1.60. The maximum absolute atomic E-state index is 12.1. The fraction of sp³-hybridized carbons (Fsp3) is 0.211. The number of nitrogens with one attached hydrogen (secondary N) is 1. The Morgan fingerprint density at radius 3 is 2.48 bits per heavy atom. The molecular formula is C19H18N2O4. The molecule has 0 aromatic heterocycles. The average Bonchev–Trinajstić information content (AvgIpc) is 2.93. The van der Waals surface area contributed by atoms with E-state index in [1.54, 1.807) is 24.3 Å². The molecule has 3 rings (SSSR count). The number of hydrogen-bond acceptors (Lipinski definition) is 4. The summed E-state index contributed by atoms with van der Waals surface area (Å²) >= 11 is 0. The van der Waals surface area contributed by atoms with E-state index >= 15 is 0 Å². The highest BCUT2D eigenvalue weighted by Gasteiger charge is 2.28. The summed E-state index contributed by atoms with van der Waals surface area (Å²) in [6, 6.07) is 14.0. The molecule has 1 aliphatic rings. The van der Waals surface area contributed by atoms with Gasteiger partial charge >= 0.3 is 12.0 Å². The number of hydrogen-bond donors (Lipinski definition) is 1. The minimum Gasteiger partial charge on any atom is -0.457 e. The summed E-state index contributed by atoms with van der Waals surface area (Å²) < 4.78 is 5.33. The first-order valence-corrected chi connectivity index (χ1v) is 7.93. The Labute approximate surface area is 145 Å². The highest BCUT2D eigenvalue weighted by Crippen LogP contribution is 2.13. The third-order valence-electron chi connectivity index (χ3n) is 4.09. The van der Waals surface area contributed by atoms with E-state index < -0.39 is 12.0 Å². The van der Waals surface area contributed by atoms with Crippen molar-refractivity contribution in [1.82, 2.24) is 10.2 Å². The third-order valence-corrected chi connectivity index (χ3v) is 4.09.